The molecule has 1 atom stereocenters. The van der Waals surface area contributed by atoms with E-state index in [0.717, 1.165) is 45.4 Å². The lowest BCUT2D eigenvalue weighted by molar-refractivity contribution is 0.399. The molecule has 3 rings (SSSR count). The molecular formula is C24H28O4. The van der Waals surface area contributed by atoms with Crippen LogP contribution in [0.1, 0.15) is 48.1 Å². The molecule has 4 nitrogen and oxygen atoms in total. The summed E-state index contributed by atoms with van der Waals surface area (Å²) in [5.74, 6) is 1.00. The summed E-state index contributed by atoms with van der Waals surface area (Å²) >= 11 is 0. The summed E-state index contributed by atoms with van der Waals surface area (Å²) in [7, 11) is 0. The topological polar surface area (TPSA) is 80.9 Å². The van der Waals surface area contributed by atoms with Crippen molar-refractivity contribution in [2.24, 2.45) is 5.92 Å². The molecule has 28 heavy (non-hydrogen) atoms. The maximum atomic E-state index is 10.3. The molecule has 0 aliphatic heterocycles. The van der Waals surface area contributed by atoms with Gasteiger partial charge in [0.2, 0.25) is 0 Å². The van der Waals surface area contributed by atoms with Crippen molar-refractivity contribution in [2.75, 3.05) is 0 Å². The second-order valence-corrected chi connectivity index (χ2v) is 8.01. The van der Waals surface area contributed by atoms with Gasteiger partial charge in [0.1, 0.15) is 23.0 Å². The molecule has 0 spiro atoms. The molecule has 2 aromatic rings. The zero-order chi connectivity index (χ0) is 20.6. The molecule has 0 heterocycles. The van der Waals surface area contributed by atoms with Gasteiger partial charge in [0.05, 0.1) is 0 Å². The number of hydrogen-bond donors (Lipinski definition) is 4. The quantitative estimate of drug-likeness (QED) is 0.576. The van der Waals surface area contributed by atoms with Gasteiger partial charge >= 0.3 is 0 Å². The Bertz CT molecular complexity index is 959. The van der Waals surface area contributed by atoms with E-state index >= 15 is 0 Å². The Kier molecular flexibility index (Phi) is 5.41. The summed E-state index contributed by atoms with van der Waals surface area (Å²) in [4.78, 5) is 0. The minimum atomic E-state index is 0.0636. The molecule has 4 heteroatoms. The van der Waals surface area contributed by atoms with Gasteiger partial charge in [-0.15, -0.1) is 0 Å². The third kappa shape index (κ3) is 4.01. The molecule has 0 saturated carbocycles. The van der Waals surface area contributed by atoms with Gasteiger partial charge in [-0.3, -0.25) is 0 Å². The van der Waals surface area contributed by atoms with Gasteiger partial charge in [0, 0.05) is 12.5 Å². The van der Waals surface area contributed by atoms with Crippen LogP contribution < -0.4 is 0 Å². The highest BCUT2D eigenvalue weighted by molar-refractivity contribution is 5.49. The Balaban J connectivity index is 1.87. The van der Waals surface area contributed by atoms with Gasteiger partial charge in [-0.05, 0) is 91.5 Å². The molecule has 0 aromatic heterocycles. The summed E-state index contributed by atoms with van der Waals surface area (Å²) in [6.07, 6.45) is 3.94. The number of aliphatic hydroxyl groups excluding tert-OH is 1. The first-order valence-electron chi connectivity index (χ1n) is 9.56. The van der Waals surface area contributed by atoms with Gasteiger partial charge in [0.15, 0.2) is 0 Å². The van der Waals surface area contributed by atoms with E-state index in [4.69, 9.17) is 0 Å². The van der Waals surface area contributed by atoms with E-state index in [2.05, 4.69) is 0 Å². The fourth-order valence-corrected chi connectivity index (χ4v) is 4.08. The van der Waals surface area contributed by atoms with E-state index in [1.807, 2.05) is 52.0 Å². The van der Waals surface area contributed by atoms with Crippen molar-refractivity contribution in [3.63, 3.8) is 0 Å². The Morgan fingerprint density at radius 1 is 0.821 bits per heavy atom. The van der Waals surface area contributed by atoms with E-state index in [1.54, 1.807) is 0 Å². The first kappa shape index (κ1) is 19.9. The fourth-order valence-electron chi connectivity index (χ4n) is 4.08. The highest BCUT2D eigenvalue weighted by atomic mass is 16.3. The van der Waals surface area contributed by atoms with Crippen LogP contribution in [0.3, 0.4) is 0 Å². The summed E-state index contributed by atoms with van der Waals surface area (Å²) in [5, 5.41) is 40.6. The van der Waals surface area contributed by atoms with Gasteiger partial charge in [-0.2, -0.15) is 0 Å². The smallest absolute Gasteiger partial charge is 0.122 e. The van der Waals surface area contributed by atoms with Crippen LogP contribution in [0, 0.1) is 19.8 Å². The maximum Gasteiger partial charge on any atom is 0.122 e. The van der Waals surface area contributed by atoms with Crippen molar-refractivity contribution in [3.05, 3.63) is 75.1 Å². The number of rotatable bonds is 4. The molecular weight excluding hydrogens is 352 g/mol. The van der Waals surface area contributed by atoms with Crippen molar-refractivity contribution in [1.82, 2.24) is 0 Å². The number of aromatic hydroxyl groups is 3. The van der Waals surface area contributed by atoms with Crippen LogP contribution in [0.15, 0.2) is 47.2 Å². The van der Waals surface area contributed by atoms with Crippen LogP contribution in [-0.2, 0) is 12.8 Å². The second-order valence-electron chi connectivity index (χ2n) is 8.01. The summed E-state index contributed by atoms with van der Waals surface area (Å²) < 4.78 is 0. The molecule has 4 N–H and O–H groups in total. The fraction of sp³-hybridized carbons (Fsp3) is 0.333. The number of aliphatic hydroxyl groups is 1. The predicted molar refractivity (Wildman–Crippen MR) is 111 cm³/mol. The Morgan fingerprint density at radius 3 is 2.04 bits per heavy atom. The Labute approximate surface area is 166 Å². The average molecular weight is 380 g/mol. The normalized spacial score (nSPS) is 17.0. The lowest BCUT2D eigenvalue weighted by Crippen LogP contribution is -2.10. The zero-order valence-corrected chi connectivity index (χ0v) is 16.9. The van der Waals surface area contributed by atoms with Crippen LogP contribution in [0.25, 0.3) is 0 Å². The van der Waals surface area contributed by atoms with E-state index in [9.17, 15) is 20.4 Å². The van der Waals surface area contributed by atoms with Crippen LogP contribution in [0.5, 0.6) is 17.2 Å². The third-order valence-corrected chi connectivity index (χ3v) is 5.54. The second kappa shape index (κ2) is 7.63. The lowest BCUT2D eigenvalue weighted by Gasteiger charge is -2.22. The number of allylic oxidation sites excluding steroid dienone is 3. The monoisotopic (exact) mass is 380 g/mol. The van der Waals surface area contributed by atoms with E-state index in [-0.39, 0.29) is 17.4 Å². The summed E-state index contributed by atoms with van der Waals surface area (Å²) in [5.41, 5.74) is 5.95. The predicted octanol–water partition coefficient (Wildman–Crippen LogP) is 5.35. The molecule has 2 aromatic carbocycles. The standard InChI is InChI=1S/C24H28O4/c1-13-5-17(6-14(2)23(13)27)9-19-11-20(22(26)12-21(19)25)10-18-7-15(3)24(28)16(4)8-18/h5-7,11-12,18,25-28H,8-10H2,1-4H3. The van der Waals surface area contributed by atoms with Crippen LogP contribution >= 0.6 is 0 Å². The van der Waals surface area contributed by atoms with Gasteiger partial charge in [-0.25, -0.2) is 0 Å². The van der Waals surface area contributed by atoms with Crippen molar-refractivity contribution in [1.29, 1.82) is 0 Å². The molecule has 0 radical (unpaired) electrons. The minimum absolute atomic E-state index is 0.0636. The SMILES string of the molecule is CC1=CC(Cc2cc(Cc3cc(C)c(O)c(C)c3)c(O)cc2O)CC(C)=C1O. The molecule has 1 aliphatic carbocycles. The minimum Gasteiger partial charge on any atom is -0.508 e. The van der Waals surface area contributed by atoms with E-state index in [1.165, 1.54) is 6.07 Å². The van der Waals surface area contributed by atoms with Gasteiger partial charge in [0.25, 0.3) is 0 Å². The Morgan fingerprint density at radius 2 is 1.43 bits per heavy atom. The van der Waals surface area contributed by atoms with Crippen LogP contribution in [0.2, 0.25) is 0 Å². The molecule has 0 amide bonds. The number of benzene rings is 2. The lowest BCUT2D eigenvalue weighted by atomic mass is 9.85. The third-order valence-electron chi connectivity index (χ3n) is 5.54. The van der Waals surface area contributed by atoms with Crippen molar-refractivity contribution in [3.8, 4) is 17.2 Å². The number of phenols is 3. The van der Waals surface area contributed by atoms with Gasteiger partial charge < -0.3 is 20.4 Å². The molecule has 1 aliphatic rings. The van der Waals surface area contributed by atoms with E-state index < -0.39 is 0 Å². The van der Waals surface area contributed by atoms with Crippen LogP contribution in [-0.4, -0.2) is 20.4 Å². The number of hydrogen-bond acceptors (Lipinski definition) is 4. The van der Waals surface area contributed by atoms with Crippen molar-refractivity contribution < 1.29 is 20.4 Å². The zero-order valence-electron chi connectivity index (χ0n) is 16.9. The highest BCUT2D eigenvalue weighted by Gasteiger charge is 2.20. The Hall–Kier alpha value is -2.88. The maximum absolute atomic E-state index is 10.3. The highest BCUT2D eigenvalue weighted by Crippen LogP contribution is 2.35. The van der Waals surface area contributed by atoms with Gasteiger partial charge in [-0.1, -0.05) is 18.2 Å². The number of phenolic OH excluding ortho intramolecular Hbond substituents is 3. The molecule has 0 saturated heterocycles. The molecule has 1 unspecified atom stereocenters. The van der Waals surface area contributed by atoms with Crippen molar-refractivity contribution in [2.45, 2.75) is 47.0 Å². The largest absolute Gasteiger partial charge is 0.508 e. The van der Waals surface area contributed by atoms with Crippen LogP contribution in [0.4, 0.5) is 0 Å². The van der Waals surface area contributed by atoms with Crippen molar-refractivity contribution >= 4 is 0 Å². The summed E-state index contributed by atoms with van der Waals surface area (Å²) in [6, 6.07) is 7.10. The van der Waals surface area contributed by atoms with E-state index in [0.29, 0.717) is 24.4 Å². The first-order chi connectivity index (χ1) is 13.2. The first-order valence-corrected chi connectivity index (χ1v) is 9.56. The molecule has 0 bridgehead atoms. The molecule has 148 valence electrons. The molecule has 0 fully saturated rings. The number of aryl methyl sites for hydroxylation is 2. The average Bonchev–Trinajstić information content (AvgIpc) is 2.61. The summed E-state index contributed by atoms with van der Waals surface area (Å²) in [6.45, 7) is 7.53.